The maximum atomic E-state index is 13.8. The minimum atomic E-state index is -0.896. The number of carbonyl (C=O) groups excluding carboxylic acids is 1. The summed E-state index contributed by atoms with van der Waals surface area (Å²) in [5.41, 5.74) is 0.856. The minimum Gasteiger partial charge on any atom is -0.389 e. The van der Waals surface area contributed by atoms with Crippen LogP contribution in [0.25, 0.3) is 0 Å². The third-order valence-corrected chi connectivity index (χ3v) is 3.05. The van der Waals surface area contributed by atoms with Crippen LogP contribution >= 0.6 is 0 Å². The molecule has 0 radical (unpaired) electrons. The first-order valence-electron chi connectivity index (χ1n) is 6.07. The quantitative estimate of drug-likeness (QED) is 0.831. The number of carbonyl (C=O) groups is 1. The summed E-state index contributed by atoms with van der Waals surface area (Å²) in [7, 11) is 0. The normalized spacial score (nSPS) is 18.2. The van der Waals surface area contributed by atoms with Crippen molar-refractivity contribution in [3.63, 3.8) is 0 Å². The van der Waals surface area contributed by atoms with E-state index < -0.39 is 11.9 Å². The van der Waals surface area contributed by atoms with Crippen LogP contribution < -0.4 is 10.2 Å². The van der Waals surface area contributed by atoms with Crippen molar-refractivity contribution in [2.24, 2.45) is 0 Å². The van der Waals surface area contributed by atoms with Crippen molar-refractivity contribution in [2.45, 2.75) is 19.4 Å². The summed E-state index contributed by atoms with van der Waals surface area (Å²) in [4.78, 5) is 13.3. The standard InChI is InChI=1S/C13H17FN2O2/c1-9(17)13-10(14)4-2-5-11(13)16-7-3-6-15-12(18)8-16/h2,4-5,9,17H,3,6-8H2,1H3,(H,15,18)/t9-/m1/s1. The van der Waals surface area contributed by atoms with Gasteiger partial charge in [0.15, 0.2) is 0 Å². The van der Waals surface area contributed by atoms with Crippen molar-refractivity contribution in [2.75, 3.05) is 24.5 Å². The van der Waals surface area contributed by atoms with E-state index >= 15 is 0 Å². The molecule has 1 aromatic rings. The molecule has 0 unspecified atom stereocenters. The topological polar surface area (TPSA) is 52.6 Å². The molecule has 1 atom stereocenters. The molecule has 0 aromatic heterocycles. The Hall–Kier alpha value is -1.62. The SMILES string of the molecule is C[C@@H](O)c1c(F)cccc1N1CCCNC(=O)C1. The molecule has 2 rings (SSSR count). The predicted molar refractivity (Wildman–Crippen MR) is 66.9 cm³/mol. The van der Waals surface area contributed by atoms with Gasteiger partial charge in [0.05, 0.1) is 12.6 Å². The fourth-order valence-electron chi connectivity index (χ4n) is 2.23. The lowest BCUT2D eigenvalue weighted by Gasteiger charge is -2.25. The second kappa shape index (κ2) is 5.35. The highest BCUT2D eigenvalue weighted by molar-refractivity contribution is 5.82. The van der Waals surface area contributed by atoms with E-state index in [0.29, 0.717) is 18.8 Å². The van der Waals surface area contributed by atoms with Gasteiger partial charge in [0.1, 0.15) is 5.82 Å². The van der Waals surface area contributed by atoms with Crippen LogP contribution in [0.1, 0.15) is 25.0 Å². The first-order valence-corrected chi connectivity index (χ1v) is 6.07. The Kier molecular flexibility index (Phi) is 3.81. The van der Waals surface area contributed by atoms with Gasteiger partial charge in [0.25, 0.3) is 0 Å². The zero-order chi connectivity index (χ0) is 13.1. The Labute approximate surface area is 105 Å². The van der Waals surface area contributed by atoms with Gasteiger partial charge in [-0.15, -0.1) is 0 Å². The summed E-state index contributed by atoms with van der Waals surface area (Å²) in [5.74, 6) is -0.513. The number of hydrogen-bond acceptors (Lipinski definition) is 3. The number of amides is 1. The summed E-state index contributed by atoms with van der Waals surface area (Å²) in [5, 5.41) is 12.5. The lowest BCUT2D eigenvalue weighted by atomic mass is 10.1. The molecule has 1 aromatic carbocycles. The van der Waals surface area contributed by atoms with E-state index in [4.69, 9.17) is 0 Å². The molecular weight excluding hydrogens is 235 g/mol. The van der Waals surface area contributed by atoms with Crippen molar-refractivity contribution in [3.05, 3.63) is 29.6 Å². The number of hydrogen-bond donors (Lipinski definition) is 2. The van der Waals surface area contributed by atoms with E-state index in [2.05, 4.69) is 5.32 Å². The van der Waals surface area contributed by atoms with Crippen LogP contribution in [0.3, 0.4) is 0 Å². The highest BCUT2D eigenvalue weighted by Gasteiger charge is 2.21. The minimum absolute atomic E-state index is 0.0756. The van der Waals surface area contributed by atoms with Crippen LogP contribution in [0, 0.1) is 5.82 Å². The lowest BCUT2D eigenvalue weighted by molar-refractivity contribution is -0.119. The van der Waals surface area contributed by atoms with Gasteiger partial charge in [-0.3, -0.25) is 4.79 Å². The van der Waals surface area contributed by atoms with E-state index in [1.165, 1.54) is 13.0 Å². The van der Waals surface area contributed by atoms with E-state index in [9.17, 15) is 14.3 Å². The summed E-state index contributed by atoms with van der Waals surface area (Å²) in [6.07, 6.45) is -0.0888. The number of nitrogens with zero attached hydrogens (tertiary/aromatic N) is 1. The van der Waals surface area contributed by atoms with Gasteiger partial charge >= 0.3 is 0 Å². The summed E-state index contributed by atoms with van der Waals surface area (Å²) < 4.78 is 13.8. The molecule has 1 aliphatic rings. The van der Waals surface area contributed by atoms with Gasteiger partial charge in [-0.2, -0.15) is 0 Å². The average Bonchev–Trinajstić information content (AvgIpc) is 2.53. The Balaban J connectivity index is 2.37. The zero-order valence-corrected chi connectivity index (χ0v) is 10.3. The van der Waals surface area contributed by atoms with Crippen LogP contribution in [-0.4, -0.2) is 30.6 Å². The molecule has 2 N–H and O–H groups in total. The fourth-order valence-corrected chi connectivity index (χ4v) is 2.23. The predicted octanol–water partition coefficient (Wildman–Crippen LogP) is 1.21. The average molecular weight is 252 g/mol. The number of aliphatic hydroxyl groups is 1. The second-order valence-electron chi connectivity index (χ2n) is 4.47. The Bertz CT molecular complexity index is 449. The van der Waals surface area contributed by atoms with Crippen molar-refractivity contribution in [3.8, 4) is 0 Å². The molecule has 0 bridgehead atoms. The van der Waals surface area contributed by atoms with Crippen LogP contribution in [0.2, 0.25) is 0 Å². The van der Waals surface area contributed by atoms with Crippen LogP contribution in [0.5, 0.6) is 0 Å². The van der Waals surface area contributed by atoms with Gasteiger partial charge in [-0.05, 0) is 25.5 Å². The van der Waals surface area contributed by atoms with Crippen LogP contribution in [-0.2, 0) is 4.79 Å². The molecule has 1 amide bonds. The maximum absolute atomic E-state index is 13.8. The second-order valence-corrected chi connectivity index (χ2v) is 4.47. The number of halogens is 1. The molecule has 0 spiro atoms. The number of anilines is 1. The van der Waals surface area contributed by atoms with Gasteiger partial charge in [-0.25, -0.2) is 4.39 Å². The smallest absolute Gasteiger partial charge is 0.239 e. The Morgan fingerprint density at radius 1 is 1.50 bits per heavy atom. The fraction of sp³-hybridized carbons (Fsp3) is 0.462. The molecule has 0 saturated carbocycles. The number of nitrogens with one attached hydrogen (secondary N) is 1. The molecule has 18 heavy (non-hydrogen) atoms. The van der Waals surface area contributed by atoms with Crippen molar-refractivity contribution in [1.29, 1.82) is 0 Å². The van der Waals surface area contributed by atoms with Gasteiger partial charge in [0.2, 0.25) is 5.91 Å². The molecule has 1 fully saturated rings. The molecule has 98 valence electrons. The lowest BCUT2D eigenvalue weighted by Crippen LogP contribution is -2.33. The van der Waals surface area contributed by atoms with Crippen LogP contribution in [0.15, 0.2) is 18.2 Å². The highest BCUT2D eigenvalue weighted by atomic mass is 19.1. The Morgan fingerprint density at radius 3 is 3.00 bits per heavy atom. The number of benzene rings is 1. The first kappa shape index (κ1) is 12.8. The molecule has 1 aliphatic heterocycles. The Morgan fingerprint density at radius 2 is 2.28 bits per heavy atom. The van der Waals surface area contributed by atoms with Crippen LogP contribution in [0.4, 0.5) is 10.1 Å². The highest BCUT2D eigenvalue weighted by Crippen LogP contribution is 2.29. The first-order chi connectivity index (χ1) is 8.59. The number of aliphatic hydroxyl groups excluding tert-OH is 1. The van der Waals surface area contributed by atoms with Crippen molar-refractivity contribution >= 4 is 11.6 Å². The third kappa shape index (κ3) is 2.61. The maximum Gasteiger partial charge on any atom is 0.239 e. The van der Waals surface area contributed by atoms with E-state index in [-0.39, 0.29) is 18.0 Å². The summed E-state index contributed by atoms with van der Waals surface area (Å²) >= 11 is 0. The van der Waals surface area contributed by atoms with Gasteiger partial charge < -0.3 is 15.3 Å². The summed E-state index contributed by atoms with van der Waals surface area (Å²) in [6.45, 7) is 3.03. The third-order valence-electron chi connectivity index (χ3n) is 3.05. The van der Waals surface area contributed by atoms with E-state index in [1.54, 1.807) is 12.1 Å². The van der Waals surface area contributed by atoms with Crippen molar-refractivity contribution in [1.82, 2.24) is 5.32 Å². The molecule has 5 heteroatoms. The van der Waals surface area contributed by atoms with E-state index in [1.807, 2.05) is 4.90 Å². The van der Waals surface area contributed by atoms with Crippen molar-refractivity contribution < 1.29 is 14.3 Å². The molecule has 1 heterocycles. The molecule has 1 saturated heterocycles. The largest absolute Gasteiger partial charge is 0.389 e. The monoisotopic (exact) mass is 252 g/mol. The number of rotatable bonds is 2. The zero-order valence-electron chi connectivity index (χ0n) is 10.3. The van der Waals surface area contributed by atoms with E-state index in [0.717, 1.165) is 6.42 Å². The summed E-state index contributed by atoms with van der Waals surface area (Å²) in [6, 6.07) is 4.66. The molecule has 0 aliphatic carbocycles. The van der Waals surface area contributed by atoms with Gasteiger partial charge in [-0.1, -0.05) is 6.07 Å². The van der Waals surface area contributed by atoms with Gasteiger partial charge in [0, 0.05) is 24.3 Å². The molecule has 4 nitrogen and oxygen atoms in total. The molecular formula is C13H17FN2O2.